The number of amides is 1. The van der Waals surface area contributed by atoms with Gasteiger partial charge in [-0.3, -0.25) is 4.79 Å². The van der Waals surface area contributed by atoms with Crippen molar-refractivity contribution in [2.24, 2.45) is 0 Å². The summed E-state index contributed by atoms with van der Waals surface area (Å²) in [6, 6.07) is 12.0. The molecule has 0 atom stereocenters. The van der Waals surface area contributed by atoms with Crippen molar-refractivity contribution in [3.05, 3.63) is 69.2 Å². The van der Waals surface area contributed by atoms with Gasteiger partial charge < -0.3 is 5.32 Å². The van der Waals surface area contributed by atoms with E-state index in [-0.39, 0.29) is 5.91 Å². The summed E-state index contributed by atoms with van der Waals surface area (Å²) in [4.78, 5) is 11.8. The molecule has 20 heavy (non-hydrogen) atoms. The van der Waals surface area contributed by atoms with Crippen molar-refractivity contribution in [3.8, 4) is 0 Å². The standard InChI is InChI=1S/C15H10Cl3NO/c16-11-4-1-10(2-5-11)3-6-15(20)19-14-8-12(17)7-13(18)9-14/h1-9H,(H,19,20). The van der Waals surface area contributed by atoms with Crippen LogP contribution in [0.3, 0.4) is 0 Å². The lowest BCUT2D eigenvalue weighted by Gasteiger charge is -2.03. The average Bonchev–Trinajstić information content (AvgIpc) is 2.37. The number of rotatable bonds is 3. The predicted octanol–water partition coefficient (Wildman–Crippen LogP) is 5.30. The lowest BCUT2D eigenvalue weighted by Crippen LogP contribution is -2.07. The molecule has 0 aliphatic heterocycles. The van der Waals surface area contributed by atoms with Crippen LogP contribution in [-0.2, 0) is 4.79 Å². The second-order valence-corrected chi connectivity index (χ2v) is 5.34. The van der Waals surface area contributed by atoms with Crippen LogP contribution in [-0.4, -0.2) is 5.91 Å². The molecule has 2 aromatic rings. The van der Waals surface area contributed by atoms with Crippen LogP contribution in [0.5, 0.6) is 0 Å². The molecule has 5 heteroatoms. The van der Waals surface area contributed by atoms with E-state index in [0.29, 0.717) is 20.8 Å². The van der Waals surface area contributed by atoms with Gasteiger partial charge in [-0.05, 0) is 42.0 Å². The summed E-state index contributed by atoms with van der Waals surface area (Å²) in [5.74, 6) is -0.265. The van der Waals surface area contributed by atoms with Crippen molar-refractivity contribution in [2.45, 2.75) is 0 Å². The van der Waals surface area contributed by atoms with Crippen molar-refractivity contribution in [1.82, 2.24) is 0 Å². The Kier molecular flexibility index (Phi) is 5.07. The number of carbonyl (C=O) groups excluding carboxylic acids is 1. The van der Waals surface area contributed by atoms with Crippen LogP contribution in [0.4, 0.5) is 5.69 Å². The van der Waals surface area contributed by atoms with Crippen LogP contribution in [0.1, 0.15) is 5.56 Å². The quantitative estimate of drug-likeness (QED) is 0.762. The molecule has 2 rings (SSSR count). The monoisotopic (exact) mass is 325 g/mol. The Balaban J connectivity index is 2.03. The first kappa shape index (κ1) is 14.9. The van der Waals surface area contributed by atoms with Crippen molar-refractivity contribution in [1.29, 1.82) is 0 Å². The summed E-state index contributed by atoms with van der Waals surface area (Å²) in [6.45, 7) is 0. The molecule has 0 spiro atoms. The number of benzene rings is 2. The number of carbonyl (C=O) groups is 1. The first-order chi connectivity index (χ1) is 9.52. The molecule has 0 bridgehead atoms. The lowest BCUT2D eigenvalue weighted by molar-refractivity contribution is -0.111. The van der Waals surface area contributed by atoms with Crippen molar-refractivity contribution in [2.75, 3.05) is 5.32 Å². The minimum Gasteiger partial charge on any atom is -0.322 e. The highest BCUT2D eigenvalue weighted by molar-refractivity contribution is 6.35. The average molecular weight is 327 g/mol. The number of hydrogen-bond acceptors (Lipinski definition) is 1. The third-order valence-electron chi connectivity index (χ3n) is 2.43. The fourth-order valence-corrected chi connectivity index (χ4v) is 2.21. The van der Waals surface area contributed by atoms with Crippen molar-refractivity contribution in [3.63, 3.8) is 0 Å². The second kappa shape index (κ2) is 6.80. The zero-order valence-corrected chi connectivity index (χ0v) is 12.5. The molecule has 0 aliphatic rings. The van der Waals surface area contributed by atoms with Gasteiger partial charge in [-0.15, -0.1) is 0 Å². The van der Waals surface area contributed by atoms with Gasteiger partial charge in [0.2, 0.25) is 5.91 Å². The van der Waals surface area contributed by atoms with Gasteiger partial charge in [0.15, 0.2) is 0 Å². The summed E-state index contributed by atoms with van der Waals surface area (Å²) in [6.07, 6.45) is 3.12. The minimum absolute atomic E-state index is 0.265. The summed E-state index contributed by atoms with van der Waals surface area (Å²) >= 11 is 17.5. The molecule has 0 unspecified atom stereocenters. The van der Waals surface area contributed by atoms with Gasteiger partial charge in [0, 0.05) is 26.8 Å². The summed E-state index contributed by atoms with van der Waals surface area (Å²) in [5.41, 5.74) is 1.43. The second-order valence-electron chi connectivity index (χ2n) is 4.03. The zero-order valence-electron chi connectivity index (χ0n) is 10.2. The van der Waals surface area contributed by atoms with Gasteiger partial charge >= 0.3 is 0 Å². The summed E-state index contributed by atoms with van der Waals surface area (Å²) < 4.78 is 0. The molecule has 0 aromatic heterocycles. The third kappa shape index (κ3) is 4.57. The molecule has 0 saturated heterocycles. The first-order valence-electron chi connectivity index (χ1n) is 5.74. The van der Waals surface area contributed by atoms with E-state index in [0.717, 1.165) is 5.56 Å². The van der Waals surface area contributed by atoms with Crippen LogP contribution >= 0.6 is 34.8 Å². The number of hydrogen-bond donors (Lipinski definition) is 1. The number of nitrogens with one attached hydrogen (secondary N) is 1. The maximum atomic E-state index is 11.8. The Bertz CT molecular complexity index is 630. The maximum absolute atomic E-state index is 11.8. The Morgan fingerprint density at radius 3 is 2.10 bits per heavy atom. The highest BCUT2D eigenvalue weighted by atomic mass is 35.5. The van der Waals surface area contributed by atoms with Gasteiger partial charge in [0.05, 0.1) is 0 Å². The van der Waals surface area contributed by atoms with E-state index >= 15 is 0 Å². The molecule has 0 radical (unpaired) electrons. The van der Waals surface area contributed by atoms with E-state index in [1.165, 1.54) is 6.08 Å². The van der Waals surface area contributed by atoms with E-state index in [2.05, 4.69) is 5.32 Å². The van der Waals surface area contributed by atoms with E-state index < -0.39 is 0 Å². The molecule has 102 valence electrons. The van der Waals surface area contributed by atoms with Crippen LogP contribution < -0.4 is 5.32 Å². The molecule has 1 amide bonds. The molecule has 2 nitrogen and oxygen atoms in total. The molecule has 0 fully saturated rings. The van der Waals surface area contributed by atoms with Gasteiger partial charge in [-0.2, -0.15) is 0 Å². The van der Waals surface area contributed by atoms with Crippen molar-refractivity contribution >= 4 is 52.5 Å². The van der Waals surface area contributed by atoms with E-state index in [9.17, 15) is 4.79 Å². The fourth-order valence-electron chi connectivity index (χ4n) is 1.56. The zero-order chi connectivity index (χ0) is 14.5. The molecule has 2 aromatic carbocycles. The summed E-state index contributed by atoms with van der Waals surface area (Å²) in [5, 5.41) is 4.27. The van der Waals surface area contributed by atoms with E-state index in [1.807, 2.05) is 12.1 Å². The smallest absolute Gasteiger partial charge is 0.248 e. The van der Waals surface area contributed by atoms with Crippen LogP contribution in [0, 0.1) is 0 Å². The van der Waals surface area contributed by atoms with Gasteiger partial charge in [0.25, 0.3) is 0 Å². The maximum Gasteiger partial charge on any atom is 0.248 e. The Morgan fingerprint density at radius 2 is 1.50 bits per heavy atom. The number of halogens is 3. The largest absolute Gasteiger partial charge is 0.322 e. The highest BCUT2D eigenvalue weighted by Crippen LogP contribution is 2.22. The SMILES string of the molecule is O=C(C=Cc1ccc(Cl)cc1)Nc1cc(Cl)cc(Cl)c1. The van der Waals surface area contributed by atoms with Gasteiger partial charge in [-0.25, -0.2) is 0 Å². The fraction of sp³-hybridized carbons (Fsp3) is 0. The van der Waals surface area contributed by atoms with E-state index in [4.69, 9.17) is 34.8 Å². The van der Waals surface area contributed by atoms with Gasteiger partial charge in [-0.1, -0.05) is 46.9 Å². The predicted molar refractivity (Wildman–Crippen MR) is 85.6 cm³/mol. The Hall–Kier alpha value is -1.48. The molecule has 0 aliphatic carbocycles. The normalized spacial score (nSPS) is 10.8. The summed E-state index contributed by atoms with van der Waals surface area (Å²) in [7, 11) is 0. The van der Waals surface area contributed by atoms with Gasteiger partial charge in [0.1, 0.15) is 0 Å². The third-order valence-corrected chi connectivity index (χ3v) is 3.12. The van der Waals surface area contributed by atoms with E-state index in [1.54, 1.807) is 36.4 Å². The first-order valence-corrected chi connectivity index (χ1v) is 6.87. The molecular formula is C15H10Cl3NO. The van der Waals surface area contributed by atoms with Crippen molar-refractivity contribution < 1.29 is 4.79 Å². The molecule has 0 saturated carbocycles. The van der Waals surface area contributed by atoms with Crippen LogP contribution in [0.2, 0.25) is 15.1 Å². The lowest BCUT2D eigenvalue weighted by atomic mass is 10.2. The molecule has 0 heterocycles. The topological polar surface area (TPSA) is 29.1 Å². The van der Waals surface area contributed by atoms with Crippen LogP contribution in [0.25, 0.3) is 6.08 Å². The van der Waals surface area contributed by atoms with Crippen LogP contribution in [0.15, 0.2) is 48.5 Å². The minimum atomic E-state index is -0.265. The molecular weight excluding hydrogens is 317 g/mol. The Labute approximate surface area is 132 Å². The Morgan fingerprint density at radius 1 is 0.900 bits per heavy atom. The molecule has 1 N–H and O–H groups in total. The highest BCUT2D eigenvalue weighted by Gasteiger charge is 2.01. The number of anilines is 1.